The molecule has 5 heteroatoms. The summed E-state index contributed by atoms with van der Waals surface area (Å²) in [6.45, 7) is 1.95. The van der Waals surface area contributed by atoms with Crippen LogP contribution in [0.15, 0.2) is 77.7 Å². The number of benzene rings is 2. The number of amides is 1. The molecule has 0 aliphatic heterocycles. The van der Waals surface area contributed by atoms with E-state index >= 15 is 0 Å². The van der Waals surface area contributed by atoms with Gasteiger partial charge in [-0.2, -0.15) is 0 Å². The van der Waals surface area contributed by atoms with Crippen LogP contribution in [-0.2, 0) is 0 Å². The molecule has 0 aliphatic carbocycles. The fourth-order valence-corrected chi connectivity index (χ4v) is 2.79. The minimum Gasteiger partial charge on any atom is -0.451 e. The van der Waals surface area contributed by atoms with Crippen LogP contribution in [0.25, 0.3) is 16.7 Å². The van der Waals surface area contributed by atoms with Crippen LogP contribution in [0, 0.1) is 0 Å². The van der Waals surface area contributed by atoms with E-state index in [1.54, 1.807) is 18.6 Å². The van der Waals surface area contributed by atoms with Crippen LogP contribution in [0.4, 0.5) is 0 Å². The van der Waals surface area contributed by atoms with Gasteiger partial charge in [0.05, 0.1) is 12.4 Å². The molecule has 4 rings (SSSR count). The van der Waals surface area contributed by atoms with Crippen molar-refractivity contribution in [1.29, 1.82) is 0 Å². The van der Waals surface area contributed by atoms with Crippen molar-refractivity contribution >= 4 is 16.9 Å². The van der Waals surface area contributed by atoms with Crippen molar-refractivity contribution in [2.45, 2.75) is 13.0 Å². The van der Waals surface area contributed by atoms with Gasteiger partial charge in [0.15, 0.2) is 5.76 Å². The molecule has 5 nitrogen and oxygen atoms in total. The zero-order valence-corrected chi connectivity index (χ0v) is 13.7. The molecular weight excluding hydrogens is 314 g/mol. The summed E-state index contributed by atoms with van der Waals surface area (Å²) in [4.78, 5) is 16.5. The Bertz CT molecular complexity index is 968. The van der Waals surface area contributed by atoms with Crippen molar-refractivity contribution in [1.82, 2.24) is 14.9 Å². The average molecular weight is 331 g/mol. The summed E-state index contributed by atoms with van der Waals surface area (Å²) in [5.74, 6) is 0.102. The van der Waals surface area contributed by atoms with Crippen LogP contribution < -0.4 is 5.32 Å². The lowest BCUT2D eigenvalue weighted by Gasteiger charge is -2.14. The lowest BCUT2D eigenvalue weighted by atomic mass is 10.1. The summed E-state index contributed by atoms with van der Waals surface area (Å²) in [5, 5.41) is 3.90. The van der Waals surface area contributed by atoms with Gasteiger partial charge in [-0.05, 0) is 36.8 Å². The van der Waals surface area contributed by atoms with Crippen molar-refractivity contribution in [2.75, 3.05) is 0 Å². The molecule has 25 heavy (non-hydrogen) atoms. The number of para-hydroxylation sites is 1. The van der Waals surface area contributed by atoms with E-state index in [9.17, 15) is 4.79 Å². The molecule has 2 aromatic heterocycles. The number of hydrogen-bond acceptors (Lipinski definition) is 3. The first kappa shape index (κ1) is 15.2. The molecule has 2 aromatic carbocycles. The van der Waals surface area contributed by atoms with Crippen LogP contribution in [0.2, 0.25) is 0 Å². The van der Waals surface area contributed by atoms with Crippen LogP contribution in [0.3, 0.4) is 0 Å². The average Bonchev–Trinajstić information content (AvgIpc) is 3.31. The Labute approximate surface area is 144 Å². The van der Waals surface area contributed by atoms with Crippen LogP contribution in [-0.4, -0.2) is 15.5 Å². The van der Waals surface area contributed by atoms with E-state index in [4.69, 9.17) is 4.42 Å². The fourth-order valence-electron chi connectivity index (χ4n) is 2.79. The van der Waals surface area contributed by atoms with Gasteiger partial charge in [0.25, 0.3) is 5.91 Å². The van der Waals surface area contributed by atoms with E-state index in [0.29, 0.717) is 11.3 Å². The van der Waals surface area contributed by atoms with Crippen molar-refractivity contribution in [2.24, 2.45) is 0 Å². The molecule has 2 heterocycles. The summed E-state index contributed by atoms with van der Waals surface area (Å²) >= 11 is 0. The number of carbonyl (C=O) groups excluding carboxylic acids is 1. The van der Waals surface area contributed by atoms with Crippen LogP contribution >= 0.6 is 0 Å². The highest BCUT2D eigenvalue weighted by Gasteiger charge is 2.15. The van der Waals surface area contributed by atoms with Gasteiger partial charge < -0.3 is 14.3 Å². The van der Waals surface area contributed by atoms with Crippen molar-refractivity contribution in [3.63, 3.8) is 0 Å². The molecular formula is C20H17N3O2. The fraction of sp³-hybridized carbons (Fsp3) is 0.100. The number of imidazole rings is 1. The topological polar surface area (TPSA) is 60.1 Å². The van der Waals surface area contributed by atoms with E-state index in [1.165, 1.54) is 0 Å². The second kappa shape index (κ2) is 6.28. The lowest BCUT2D eigenvalue weighted by Crippen LogP contribution is -2.26. The third-order valence-electron chi connectivity index (χ3n) is 4.19. The summed E-state index contributed by atoms with van der Waals surface area (Å²) in [5.41, 5.74) is 2.76. The Balaban J connectivity index is 1.49. The first-order valence-electron chi connectivity index (χ1n) is 8.08. The van der Waals surface area contributed by atoms with E-state index in [-0.39, 0.29) is 11.9 Å². The smallest absolute Gasteiger partial charge is 0.287 e. The Morgan fingerprint density at radius 1 is 1.16 bits per heavy atom. The molecule has 0 unspecified atom stereocenters. The van der Waals surface area contributed by atoms with E-state index < -0.39 is 0 Å². The van der Waals surface area contributed by atoms with Gasteiger partial charge in [0, 0.05) is 23.5 Å². The highest BCUT2D eigenvalue weighted by atomic mass is 16.3. The molecule has 0 fully saturated rings. The number of fused-ring (bicyclic) bond motifs is 1. The summed E-state index contributed by atoms with van der Waals surface area (Å²) in [6, 6.07) is 17.2. The number of rotatable bonds is 4. The molecule has 124 valence electrons. The predicted molar refractivity (Wildman–Crippen MR) is 95.7 cm³/mol. The van der Waals surface area contributed by atoms with Gasteiger partial charge in [0.1, 0.15) is 5.58 Å². The maximum absolute atomic E-state index is 12.4. The number of nitrogens with zero attached hydrogens (tertiary/aromatic N) is 2. The first-order valence-corrected chi connectivity index (χ1v) is 8.08. The monoisotopic (exact) mass is 331 g/mol. The number of hydrogen-bond donors (Lipinski definition) is 1. The standard InChI is InChI=1S/C20H17N3O2/c1-14(15-6-8-17(9-7-15)23-11-10-21-13-23)22-20(24)19-12-16-4-2-3-5-18(16)25-19/h2-14H,1H3,(H,22,24)/t14-/m1/s1. The molecule has 0 saturated carbocycles. The molecule has 0 spiro atoms. The van der Waals surface area contributed by atoms with Crippen LogP contribution in [0.5, 0.6) is 0 Å². The Morgan fingerprint density at radius 3 is 2.68 bits per heavy atom. The van der Waals surface area contributed by atoms with Gasteiger partial charge in [-0.15, -0.1) is 0 Å². The third-order valence-corrected chi connectivity index (χ3v) is 4.19. The highest BCUT2D eigenvalue weighted by Crippen LogP contribution is 2.20. The minimum absolute atomic E-state index is 0.127. The van der Waals surface area contributed by atoms with E-state index in [1.807, 2.05) is 66.2 Å². The Hall–Kier alpha value is -3.34. The first-order chi connectivity index (χ1) is 12.2. The SMILES string of the molecule is C[C@@H](NC(=O)c1cc2ccccc2o1)c1ccc(-n2ccnc2)cc1. The largest absolute Gasteiger partial charge is 0.451 e. The maximum atomic E-state index is 12.4. The summed E-state index contributed by atoms with van der Waals surface area (Å²) in [7, 11) is 0. The molecule has 1 atom stereocenters. The molecule has 0 radical (unpaired) electrons. The van der Waals surface area contributed by atoms with Crippen molar-refractivity contribution in [3.05, 3.63) is 84.6 Å². The molecule has 0 aliphatic rings. The zero-order valence-electron chi connectivity index (χ0n) is 13.7. The van der Waals surface area contributed by atoms with Crippen molar-refractivity contribution in [3.8, 4) is 5.69 Å². The Kier molecular flexibility index (Phi) is 3.82. The number of aromatic nitrogens is 2. The normalized spacial score (nSPS) is 12.2. The second-order valence-electron chi connectivity index (χ2n) is 5.91. The Morgan fingerprint density at radius 2 is 1.96 bits per heavy atom. The van der Waals surface area contributed by atoms with E-state index in [2.05, 4.69) is 10.3 Å². The molecule has 0 bridgehead atoms. The van der Waals surface area contributed by atoms with Gasteiger partial charge in [-0.3, -0.25) is 4.79 Å². The lowest BCUT2D eigenvalue weighted by molar-refractivity contribution is 0.0914. The highest BCUT2D eigenvalue weighted by molar-refractivity contribution is 5.96. The third kappa shape index (κ3) is 3.04. The number of carbonyl (C=O) groups is 1. The number of furan rings is 1. The maximum Gasteiger partial charge on any atom is 0.287 e. The van der Waals surface area contributed by atoms with Gasteiger partial charge in [0.2, 0.25) is 0 Å². The molecule has 0 saturated heterocycles. The summed E-state index contributed by atoms with van der Waals surface area (Å²) in [6.07, 6.45) is 5.38. The molecule has 1 N–H and O–H groups in total. The summed E-state index contributed by atoms with van der Waals surface area (Å²) < 4.78 is 7.54. The second-order valence-corrected chi connectivity index (χ2v) is 5.91. The quantitative estimate of drug-likeness (QED) is 0.612. The number of nitrogens with one attached hydrogen (secondary N) is 1. The minimum atomic E-state index is -0.220. The van der Waals surface area contributed by atoms with Gasteiger partial charge in [-0.1, -0.05) is 30.3 Å². The predicted octanol–water partition coefficient (Wildman–Crippen LogP) is 4.11. The van der Waals surface area contributed by atoms with E-state index in [0.717, 1.165) is 16.6 Å². The molecule has 1 amide bonds. The molecule has 4 aromatic rings. The van der Waals surface area contributed by atoms with Crippen LogP contribution in [0.1, 0.15) is 29.1 Å². The van der Waals surface area contributed by atoms with Gasteiger partial charge >= 0.3 is 0 Å². The zero-order chi connectivity index (χ0) is 17.2. The van der Waals surface area contributed by atoms with Gasteiger partial charge in [-0.25, -0.2) is 4.98 Å². The van der Waals surface area contributed by atoms with Crippen molar-refractivity contribution < 1.29 is 9.21 Å².